The zero-order valence-corrected chi connectivity index (χ0v) is 13.6. The van der Waals surface area contributed by atoms with E-state index in [9.17, 15) is 9.59 Å². The Morgan fingerprint density at radius 1 is 1.13 bits per heavy atom. The number of benzene rings is 1. The third-order valence-corrected chi connectivity index (χ3v) is 3.48. The van der Waals surface area contributed by atoms with E-state index in [0.717, 1.165) is 13.1 Å². The molecule has 0 radical (unpaired) electrons. The van der Waals surface area contributed by atoms with Crippen molar-refractivity contribution in [2.24, 2.45) is 5.73 Å². The van der Waals surface area contributed by atoms with E-state index >= 15 is 0 Å². The first-order chi connectivity index (χ1) is 10.8. The molecule has 2 rings (SSSR count). The minimum Gasteiger partial charge on any atom is -0.379 e. The van der Waals surface area contributed by atoms with Gasteiger partial charge in [0, 0.05) is 24.5 Å². The molecule has 1 heterocycles. The average molecular weight is 320 g/mol. The van der Waals surface area contributed by atoms with Gasteiger partial charge < -0.3 is 21.1 Å². The SMILES string of the molecule is CC(C)(N)C(=O)Nc1ccc(NC(=O)CN2CCOCC2)cc1. The lowest BCUT2D eigenvalue weighted by atomic mass is 10.1. The first-order valence-electron chi connectivity index (χ1n) is 7.65. The van der Waals surface area contributed by atoms with Gasteiger partial charge in [-0.05, 0) is 38.1 Å². The lowest BCUT2D eigenvalue weighted by Gasteiger charge is -2.25. The van der Waals surface area contributed by atoms with Crippen LogP contribution in [0.5, 0.6) is 0 Å². The first kappa shape index (κ1) is 17.4. The molecule has 7 nitrogen and oxygen atoms in total. The molecule has 1 fully saturated rings. The van der Waals surface area contributed by atoms with Gasteiger partial charge in [-0.1, -0.05) is 0 Å². The van der Waals surface area contributed by atoms with Crippen LogP contribution in [0.1, 0.15) is 13.8 Å². The van der Waals surface area contributed by atoms with Gasteiger partial charge in [-0.2, -0.15) is 0 Å². The maximum atomic E-state index is 12.0. The summed E-state index contributed by atoms with van der Waals surface area (Å²) >= 11 is 0. The number of carbonyl (C=O) groups is 2. The standard InChI is InChI=1S/C16H24N4O3/c1-16(2,17)15(22)19-13-5-3-12(4-6-13)18-14(21)11-20-7-9-23-10-8-20/h3-6H,7-11,17H2,1-2H3,(H,18,21)(H,19,22). The Kier molecular flexibility index (Phi) is 5.70. The van der Waals surface area contributed by atoms with Gasteiger partial charge in [-0.3, -0.25) is 14.5 Å². The number of nitrogens with one attached hydrogen (secondary N) is 2. The number of anilines is 2. The summed E-state index contributed by atoms with van der Waals surface area (Å²) < 4.78 is 5.25. The number of nitrogens with zero attached hydrogens (tertiary/aromatic N) is 1. The minimum atomic E-state index is -0.939. The van der Waals surface area contributed by atoms with Crippen molar-refractivity contribution in [3.63, 3.8) is 0 Å². The Morgan fingerprint density at radius 3 is 2.17 bits per heavy atom. The molecule has 2 amide bonds. The number of rotatable bonds is 5. The van der Waals surface area contributed by atoms with Crippen LogP contribution in [-0.2, 0) is 14.3 Å². The zero-order chi connectivity index (χ0) is 16.9. The topological polar surface area (TPSA) is 96.7 Å². The molecule has 1 aliphatic heterocycles. The predicted molar refractivity (Wildman–Crippen MR) is 89.2 cm³/mol. The van der Waals surface area contributed by atoms with E-state index in [1.807, 2.05) is 0 Å². The van der Waals surface area contributed by atoms with Gasteiger partial charge in [-0.15, -0.1) is 0 Å². The van der Waals surface area contributed by atoms with Gasteiger partial charge in [0.05, 0.1) is 25.3 Å². The second-order valence-electron chi connectivity index (χ2n) is 6.19. The highest BCUT2D eigenvalue weighted by atomic mass is 16.5. The number of hydrogen-bond donors (Lipinski definition) is 3. The Bertz CT molecular complexity index is 545. The molecule has 1 aliphatic rings. The van der Waals surface area contributed by atoms with Crippen molar-refractivity contribution in [3.8, 4) is 0 Å². The molecule has 1 aromatic rings. The van der Waals surface area contributed by atoms with Gasteiger partial charge >= 0.3 is 0 Å². The molecule has 126 valence electrons. The normalized spacial score (nSPS) is 16.0. The summed E-state index contributed by atoms with van der Waals surface area (Å²) in [5, 5.41) is 5.57. The Labute approximate surface area is 136 Å². The van der Waals surface area contributed by atoms with Gasteiger partial charge in [0.2, 0.25) is 11.8 Å². The molecule has 0 spiro atoms. The molecule has 0 unspecified atom stereocenters. The lowest BCUT2D eigenvalue weighted by Crippen LogP contribution is -2.45. The molecule has 4 N–H and O–H groups in total. The summed E-state index contributed by atoms with van der Waals surface area (Å²) in [4.78, 5) is 25.8. The van der Waals surface area contributed by atoms with Crippen LogP contribution >= 0.6 is 0 Å². The van der Waals surface area contributed by atoms with Gasteiger partial charge in [0.15, 0.2) is 0 Å². The van der Waals surface area contributed by atoms with Crippen molar-refractivity contribution in [1.82, 2.24) is 4.90 Å². The Morgan fingerprint density at radius 2 is 1.65 bits per heavy atom. The monoisotopic (exact) mass is 320 g/mol. The molecule has 23 heavy (non-hydrogen) atoms. The Hall–Kier alpha value is -1.96. The number of carbonyl (C=O) groups excluding carboxylic acids is 2. The van der Waals surface area contributed by atoms with Crippen LogP contribution in [0.3, 0.4) is 0 Å². The van der Waals surface area contributed by atoms with Gasteiger partial charge in [-0.25, -0.2) is 0 Å². The molecule has 0 atom stereocenters. The van der Waals surface area contributed by atoms with Gasteiger partial charge in [0.1, 0.15) is 0 Å². The molecular formula is C16H24N4O3. The summed E-state index contributed by atoms with van der Waals surface area (Å²) in [5.74, 6) is -0.326. The van der Waals surface area contributed by atoms with Crippen molar-refractivity contribution >= 4 is 23.2 Å². The predicted octanol–water partition coefficient (Wildman–Crippen LogP) is 0.633. The molecular weight excluding hydrogens is 296 g/mol. The highest BCUT2D eigenvalue weighted by Gasteiger charge is 2.21. The highest BCUT2D eigenvalue weighted by molar-refractivity contribution is 5.97. The van der Waals surface area contributed by atoms with E-state index < -0.39 is 5.54 Å². The summed E-state index contributed by atoms with van der Waals surface area (Å²) in [7, 11) is 0. The number of nitrogens with two attached hydrogens (primary N) is 1. The molecule has 0 saturated carbocycles. The molecule has 7 heteroatoms. The summed E-state index contributed by atoms with van der Waals surface area (Å²) in [6.45, 7) is 6.51. The average Bonchev–Trinajstić information content (AvgIpc) is 2.49. The highest BCUT2D eigenvalue weighted by Crippen LogP contribution is 2.15. The lowest BCUT2D eigenvalue weighted by molar-refractivity contribution is -0.120. The van der Waals surface area contributed by atoms with Crippen LogP contribution in [-0.4, -0.2) is 55.1 Å². The van der Waals surface area contributed by atoms with E-state index in [4.69, 9.17) is 10.5 Å². The molecule has 0 aromatic heterocycles. The van der Waals surface area contributed by atoms with Crippen molar-refractivity contribution in [2.75, 3.05) is 43.5 Å². The molecule has 1 aromatic carbocycles. The Balaban J connectivity index is 1.84. The zero-order valence-electron chi connectivity index (χ0n) is 13.6. The quantitative estimate of drug-likeness (QED) is 0.739. The van der Waals surface area contributed by atoms with E-state index in [2.05, 4.69) is 15.5 Å². The van der Waals surface area contributed by atoms with E-state index in [0.29, 0.717) is 31.1 Å². The first-order valence-corrected chi connectivity index (χ1v) is 7.65. The van der Waals surface area contributed by atoms with Crippen molar-refractivity contribution in [3.05, 3.63) is 24.3 Å². The fourth-order valence-corrected chi connectivity index (χ4v) is 2.09. The number of ether oxygens (including phenoxy) is 1. The maximum absolute atomic E-state index is 12.0. The third kappa shape index (κ3) is 5.63. The molecule has 0 bridgehead atoms. The fraction of sp³-hybridized carbons (Fsp3) is 0.500. The van der Waals surface area contributed by atoms with Crippen LogP contribution in [0.2, 0.25) is 0 Å². The minimum absolute atomic E-state index is 0.0632. The largest absolute Gasteiger partial charge is 0.379 e. The van der Waals surface area contributed by atoms with Crippen LogP contribution in [0.25, 0.3) is 0 Å². The number of hydrogen-bond acceptors (Lipinski definition) is 5. The van der Waals surface area contributed by atoms with Crippen molar-refractivity contribution in [2.45, 2.75) is 19.4 Å². The third-order valence-electron chi connectivity index (χ3n) is 3.48. The van der Waals surface area contributed by atoms with Crippen molar-refractivity contribution < 1.29 is 14.3 Å². The van der Waals surface area contributed by atoms with E-state index in [1.54, 1.807) is 38.1 Å². The summed E-state index contributed by atoms with van der Waals surface area (Å²) in [6, 6.07) is 6.95. The second kappa shape index (κ2) is 7.54. The summed E-state index contributed by atoms with van der Waals surface area (Å²) in [6.07, 6.45) is 0. The van der Waals surface area contributed by atoms with Crippen LogP contribution in [0, 0.1) is 0 Å². The second-order valence-corrected chi connectivity index (χ2v) is 6.19. The smallest absolute Gasteiger partial charge is 0.243 e. The number of morpholine rings is 1. The number of amides is 2. The van der Waals surface area contributed by atoms with Crippen LogP contribution in [0.15, 0.2) is 24.3 Å². The summed E-state index contributed by atoms with van der Waals surface area (Å²) in [5.41, 5.74) is 6.12. The maximum Gasteiger partial charge on any atom is 0.243 e. The van der Waals surface area contributed by atoms with E-state index in [-0.39, 0.29) is 11.8 Å². The van der Waals surface area contributed by atoms with E-state index in [1.165, 1.54) is 0 Å². The van der Waals surface area contributed by atoms with Gasteiger partial charge in [0.25, 0.3) is 0 Å². The van der Waals surface area contributed by atoms with Crippen molar-refractivity contribution in [1.29, 1.82) is 0 Å². The molecule has 1 saturated heterocycles. The van der Waals surface area contributed by atoms with Crippen LogP contribution in [0.4, 0.5) is 11.4 Å². The molecule has 0 aliphatic carbocycles. The van der Waals surface area contributed by atoms with Crippen LogP contribution < -0.4 is 16.4 Å². The fourth-order valence-electron chi connectivity index (χ4n) is 2.09.